The van der Waals surface area contributed by atoms with Gasteiger partial charge in [0, 0.05) is 34.1 Å². The van der Waals surface area contributed by atoms with Crippen molar-refractivity contribution in [1.82, 2.24) is 0 Å². The number of fused-ring (bicyclic) bond motifs is 2. The molecular weight excluding hydrogens is 1040 g/mol. The number of nitrogens with one attached hydrogen (secondary N) is 2. The zero-order chi connectivity index (χ0) is 57.0. The van der Waals surface area contributed by atoms with E-state index in [-0.39, 0.29) is 30.4 Å². The molecule has 0 bridgehead atoms. The molecule has 1 amide bonds. The molecule has 0 radical (unpaired) electrons. The van der Waals surface area contributed by atoms with Crippen LogP contribution in [0.5, 0.6) is 23.0 Å². The predicted molar refractivity (Wildman–Crippen MR) is 318 cm³/mol. The number of hydrogen-bond acceptors (Lipinski definition) is 16. The first-order valence-corrected chi connectivity index (χ1v) is 27.6. The van der Waals surface area contributed by atoms with Gasteiger partial charge < -0.3 is 30.0 Å². The average Bonchev–Trinajstić information content (AvgIpc) is 3.48. The molecule has 0 unspecified atom stereocenters. The van der Waals surface area contributed by atoms with Crippen LogP contribution in [0.15, 0.2) is 199 Å². The Labute approximate surface area is 468 Å². The van der Waals surface area contributed by atoms with Crippen molar-refractivity contribution in [3.63, 3.8) is 0 Å². The number of rotatable bonds is 21. The summed E-state index contributed by atoms with van der Waals surface area (Å²) in [6, 6.07) is 48.1. The van der Waals surface area contributed by atoms with Crippen molar-refractivity contribution < 1.29 is 37.1 Å². The molecule has 0 saturated carbocycles. The SMILES string of the molecule is CCCOc1ccc2ccc(NC(=O)c3ccc(N=Nc4cc(OCCCS(=O)(=O)O)c(N=Nc5ccc(N=Nc6cc(C)c(N=Nc7ccc8cc(Nc9ccccc9)ccc8c7O)cc6C)cc5C)cc4C)c(OC)c3)cc2c1. The molecule has 0 aliphatic rings. The molecule has 9 rings (SSSR count). The molecule has 0 fully saturated rings. The topological polar surface area (TPSA) is 242 Å². The third kappa shape index (κ3) is 14.5. The Morgan fingerprint density at radius 3 is 1.85 bits per heavy atom. The number of methoxy groups -OCH3 is 1. The van der Waals surface area contributed by atoms with Crippen molar-refractivity contribution in [2.24, 2.45) is 40.9 Å². The van der Waals surface area contributed by atoms with Crippen LogP contribution in [0, 0.1) is 27.7 Å². The molecule has 4 N–H and O–H groups in total. The second-order valence-corrected chi connectivity index (χ2v) is 20.6. The van der Waals surface area contributed by atoms with Gasteiger partial charge in [0.2, 0.25) is 0 Å². The molecule has 18 nitrogen and oxygen atoms in total. The Hall–Kier alpha value is -9.72. The minimum absolute atomic E-state index is 0.00379. The van der Waals surface area contributed by atoms with E-state index in [0.29, 0.717) is 80.1 Å². The molecule has 0 aliphatic heterocycles. The quantitative estimate of drug-likeness (QED) is 0.0303. The standard InChI is InChI=1S/C62H58N10O8S/c1-7-26-79-50-21-15-42-14-18-48(34-45(42)35-50)64-62(74)44-17-23-53(59(36-44)78-6)67-71-57-37-60(80-27-11-28-81(75,76)77)58(32-41(57)5)72-66-52-25-20-49(29-38(52)2)65-69-55-30-40(4)56(31-39(55)3)70-68-54-24-16-43-33-47(19-22-51(43)61(54)73)63-46-12-9-8-10-13-46/h8-10,12-25,29-37,63,73H,7,11,26-28H2,1-6H3,(H,64,74)(H,75,76,77). The normalized spacial score (nSPS) is 11.9. The number of carbonyl (C=O) groups is 1. The highest BCUT2D eigenvalue weighted by molar-refractivity contribution is 7.85. The predicted octanol–water partition coefficient (Wildman–Crippen LogP) is 18.0. The molecule has 0 heterocycles. The van der Waals surface area contributed by atoms with E-state index in [0.717, 1.165) is 56.4 Å². The highest BCUT2D eigenvalue weighted by Gasteiger charge is 2.16. The van der Waals surface area contributed by atoms with Gasteiger partial charge in [0.1, 0.15) is 34.3 Å². The van der Waals surface area contributed by atoms with Gasteiger partial charge in [0.15, 0.2) is 5.75 Å². The lowest BCUT2D eigenvalue weighted by atomic mass is 10.1. The molecule has 0 atom stereocenters. The molecule has 410 valence electrons. The summed E-state index contributed by atoms with van der Waals surface area (Å²) in [7, 11) is -2.75. The van der Waals surface area contributed by atoms with Gasteiger partial charge in [-0.15, -0.1) is 15.3 Å². The van der Waals surface area contributed by atoms with Crippen LogP contribution in [0.3, 0.4) is 0 Å². The molecule has 0 saturated heterocycles. The maximum atomic E-state index is 13.4. The van der Waals surface area contributed by atoms with Crippen LogP contribution in [-0.2, 0) is 10.1 Å². The van der Waals surface area contributed by atoms with Gasteiger partial charge in [-0.05, 0) is 194 Å². The average molecular weight is 1100 g/mol. The van der Waals surface area contributed by atoms with Crippen molar-refractivity contribution in [2.45, 2.75) is 47.5 Å². The van der Waals surface area contributed by atoms with Crippen LogP contribution < -0.4 is 24.8 Å². The molecular formula is C62H58N10O8S. The number of para-hydroxylation sites is 1. The van der Waals surface area contributed by atoms with E-state index in [1.807, 2.05) is 144 Å². The smallest absolute Gasteiger partial charge is 0.264 e. The number of carbonyl (C=O) groups excluding carboxylic acids is 1. The van der Waals surface area contributed by atoms with Gasteiger partial charge in [-0.25, -0.2) is 0 Å². The number of amides is 1. The molecule has 0 aromatic heterocycles. The summed E-state index contributed by atoms with van der Waals surface area (Å²) in [5, 5.41) is 56.9. The van der Waals surface area contributed by atoms with Gasteiger partial charge in [-0.3, -0.25) is 9.35 Å². The zero-order valence-corrected chi connectivity index (χ0v) is 46.2. The number of hydrogen-bond donors (Lipinski definition) is 4. The van der Waals surface area contributed by atoms with Crippen LogP contribution in [0.4, 0.5) is 62.6 Å². The van der Waals surface area contributed by atoms with Gasteiger partial charge >= 0.3 is 0 Å². The van der Waals surface area contributed by atoms with Gasteiger partial charge in [-0.2, -0.15) is 34.0 Å². The summed E-state index contributed by atoms with van der Waals surface area (Å²) in [6.45, 7) is 10.1. The minimum atomic E-state index is -4.22. The summed E-state index contributed by atoms with van der Waals surface area (Å²) in [4.78, 5) is 13.4. The first-order chi connectivity index (χ1) is 39.1. The van der Waals surface area contributed by atoms with E-state index in [1.54, 1.807) is 48.5 Å². The van der Waals surface area contributed by atoms with Crippen molar-refractivity contribution >= 4 is 100 Å². The number of anilines is 3. The largest absolute Gasteiger partial charge is 0.505 e. The summed E-state index contributed by atoms with van der Waals surface area (Å²) in [5.74, 6) is 0.503. The van der Waals surface area contributed by atoms with Crippen molar-refractivity contribution in [2.75, 3.05) is 36.7 Å². The Morgan fingerprint density at radius 1 is 0.519 bits per heavy atom. The number of ether oxygens (including phenoxy) is 3. The van der Waals surface area contributed by atoms with Crippen molar-refractivity contribution in [3.8, 4) is 23.0 Å². The second-order valence-electron chi connectivity index (χ2n) is 19.1. The number of aromatic hydroxyl groups is 1. The van der Waals surface area contributed by atoms with E-state index in [2.05, 4.69) is 51.5 Å². The highest BCUT2D eigenvalue weighted by Crippen LogP contribution is 2.41. The van der Waals surface area contributed by atoms with Crippen molar-refractivity contribution in [3.05, 3.63) is 186 Å². The summed E-state index contributed by atoms with van der Waals surface area (Å²) in [6.07, 6.45) is 0.897. The molecule has 81 heavy (non-hydrogen) atoms. The van der Waals surface area contributed by atoms with Crippen LogP contribution >= 0.6 is 0 Å². The first kappa shape index (κ1) is 56.0. The second kappa shape index (κ2) is 25.4. The third-order valence-electron chi connectivity index (χ3n) is 12.9. The van der Waals surface area contributed by atoms with Crippen LogP contribution in [0.2, 0.25) is 0 Å². The molecule has 9 aromatic rings. The number of aryl methyl sites for hydroxylation is 4. The maximum absolute atomic E-state index is 13.4. The van der Waals surface area contributed by atoms with Crippen LogP contribution in [-0.4, -0.2) is 50.1 Å². The number of phenols is 1. The lowest BCUT2D eigenvalue weighted by Gasteiger charge is -2.11. The fourth-order valence-corrected chi connectivity index (χ4v) is 8.99. The monoisotopic (exact) mass is 1100 g/mol. The van der Waals surface area contributed by atoms with Crippen LogP contribution in [0.1, 0.15) is 52.4 Å². The van der Waals surface area contributed by atoms with Gasteiger partial charge in [-0.1, -0.05) is 43.3 Å². The highest BCUT2D eigenvalue weighted by atomic mass is 32.2. The Morgan fingerprint density at radius 2 is 1.12 bits per heavy atom. The molecule has 19 heteroatoms. The van der Waals surface area contributed by atoms with Crippen LogP contribution in [0.25, 0.3) is 21.5 Å². The van der Waals surface area contributed by atoms with Crippen molar-refractivity contribution in [1.29, 1.82) is 0 Å². The molecule has 0 spiro atoms. The minimum Gasteiger partial charge on any atom is -0.505 e. The summed E-state index contributed by atoms with van der Waals surface area (Å²) < 4.78 is 49.7. The summed E-state index contributed by atoms with van der Waals surface area (Å²) >= 11 is 0. The number of nitrogens with zero attached hydrogens (tertiary/aromatic N) is 8. The molecule has 0 aliphatic carbocycles. The third-order valence-corrected chi connectivity index (χ3v) is 13.7. The first-order valence-electron chi connectivity index (χ1n) is 25.9. The van der Waals surface area contributed by atoms with E-state index in [9.17, 15) is 22.9 Å². The van der Waals surface area contributed by atoms with Gasteiger partial charge in [0.05, 0.1) is 54.5 Å². The summed E-state index contributed by atoms with van der Waals surface area (Å²) in [5.41, 5.74) is 9.71. The Balaban J connectivity index is 0.871. The Kier molecular flexibility index (Phi) is 17.6. The van der Waals surface area contributed by atoms with E-state index in [1.165, 1.54) is 7.11 Å². The molecule has 9 aromatic carbocycles. The maximum Gasteiger partial charge on any atom is 0.264 e. The van der Waals surface area contributed by atoms with E-state index in [4.69, 9.17) is 14.2 Å². The van der Waals surface area contributed by atoms with E-state index < -0.39 is 15.9 Å². The Bertz CT molecular complexity index is 4060. The van der Waals surface area contributed by atoms with E-state index >= 15 is 0 Å². The van der Waals surface area contributed by atoms with Gasteiger partial charge in [0.25, 0.3) is 16.0 Å². The fourth-order valence-electron chi connectivity index (χ4n) is 8.50. The lowest BCUT2D eigenvalue weighted by molar-refractivity contribution is 0.102. The lowest BCUT2D eigenvalue weighted by Crippen LogP contribution is -2.11. The fraction of sp³-hybridized carbons (Fsp3) is 0.177. The zero-order valence-electron chi connectivity index (χ0n) is 45.4. The number of azo groups is 4. The number of benzene rings is 9. The number of phenolic OH excluding ortho intramolecular Hbond substituents is 1.